The van der Waals surface area contributed by atoms with Crippen LogP contribution in [0.1, 0.15) is 26.2 Å². The van der Waals surface area contributed by atoms with Crippen molar-refractivity contribution < 1.29 is 13.9 Å². The van der Waals surface area contributed by atoms with Crippen molar-refractivity contribution in [3.8, 4) is 0 Å². The quantitative estimate of drug-likeness (QED) is 0.762. The zero-order valence-corrected chi connectivity index (χ0v) is 8.79. The van der Waals surface area contributed by atoms with E-state index in [1.165, 1.54) is 0 Å². The van der Waals surface area contributed by atoms with Crippen molar-refractivity contribution in [2.24, 2.45) is 5.92 Å². The lowest BCUT2D eigenvalue weighted by molar-refractivity contribution is -0.00716. The number of rotatable bonds is 3. The maximum Gasteiger partial charge on any atom is 0.251 e. The third-order valence-corrected chi connectivity index (χ3v) is 3.04. The molecule has 1 rings (SSSR count). The van der Waals surface area contributed by atoms with Gasteiger partial charge in [0.15, 0.2) is 0 Å². The van der Waals surface area contributed by atoms with Gasteiger partial charge in [-0.2, -0.15) is 0 Å². The highest BCUT2D eigenvalue weighted by Crippen LogP contribution is 2.27. The average Bonchev–Trinajstić information content (AvgIpc) is 2.08. The summed E-state index contributed by atoms with van der Waals surface area (Å²) >= 11 is 0. The summed E-state index contributed by atoms with van der Waals surface area (Å²) in [6.45, 7) is 1.86. The topological polar surface area (TPSA) is 23.5 Å². The van der Waals surface area contributed by atoms with Gasteiger partial charge in [0.2, 0.25) is 0 Å². The van der Waals surface area contributed by atoms with Crippen molar-refractivity contribution in [2.45, 2.75) is 44.8 Å². The molecule has 1 fully saturated rings. The molecule has 0 heterocycles. The van der Waals surface area contributed by atoms with Crippen molar-refractivity contribution in [2.75, 3.05) is 13.6 Å². The van der Waals surface area contributed by atoms with Crippen LogP contribution in [-0.4, -0.2) is 42.2 Å². The Hall–Kier alpha value is -0.220. The second-order valence-corrected chi connectivity index (χ2v) is 4.38. The molecule has 3 unspecified atom stereocenters. The van der Waals surface area contributed by atoms with E-state index >= 15 is 0 Å². The first-order valence-corrected chi connectivity index (χ1v) is 5.17. The highest BCUT2D eigenvalue weighted by atomic mass is 19.3. The van der Waals surface area contributed by atoms with Crippen LogP contribution in [0.5, 0.6) is 0 Å². The molecule has 0 saturated heterocycles. The van der Waals surface area contributed by atoms with Gasteiger partial charge in [0.05, 0.1) is 12.6 Å². The van der Waals surface area contributed by atoms with Crippen LogP contribution >= 0.6 is 0 Å². The van der Waals surface area contributed by atoms with E-state index in [-0.39, 0.29) is 12.6 Å². The number of hydrogen-bond acceptors (Lipinski definition) is 2. The number of alkyl halides is 2. The summed E-state index contributed by atoms with van der Waals surface area (Å²) in [6, 6.07) is -0.0900. The van der Waals surface area contributed by atoms with E-state index in [0.717, 1.165) is 19.3 Å². The van der Waals surface area contributed by atoms with Gasteiger partial charge < -0.3 is 5.11 Å². The fourth-order valence-electron chi connectivity index (χ4n) is 2.16. The summed E-state index contributed by atoms with van der Waals surface area (Å²) in [7, 11) is 1.66. The predicted octanol–water partition coefficient (Wildman–Crippen LogP) is 1.73. The minimum atomic E-state index is -2.32. The van der Waals surface area contributed by atoms with Gasteiger partial charge >= 0.3 is 0 Å². The highest BCUT2D eigenvalue weighted by Gasteiger charge is 2.30. The minimum absolute atomic E-state index is 0.0900. The van der Waals surface area contributed by atoms with Crippen LogP contribution in [0.3, 0.4) is 0 Å². The number of halogens is 2. The fraction of sp³-hybridized carbons (Fsp3) is 1.00. The standard InChI is InChI=1S/C10H19F2NO/c1-7-3-4-9(14)8(5-7)13(2)6-10(11)12/h7-10,14H,3-6H2,1-2H3. The van der Waals surface area contributed by atoms with Crippen molar-refractivity contribution in [3.05, 3.63) is 0 Å². The van der Waals surface area contributed by atoms with Gasteiger partial charge in [0.1, 0.15) is 0 Å². The summed E-state index contributed by atoms with van der Waals surface area (Å²) < 4.78 is 24.3. The van der Waals surface area contributed by atoms with Crippen molar-refractivity contribution in [1.82, 2.24) is 4.90 Å². The molecule has 3 atom stereocenters. The maximum absolute atomic E-state index is 12.1. The lowest BCUT2D eigenvalue weighted by Crippen LogP contribution is -2.46. The average molecular weight is 207 g/mol. The van der Waals surface area contributed by atoms with Crippen molar-refractivity contribution in [3.63, 3.8) is 0 Å². The van der Waals surface area contributed by atoms with Gasteiger partial charge in [-0.3, -0.25) is 4.90 Å². The predicted molar refractivity (Wildman–Crippen MR) is 51.4 cm³/mol. The monoisotopic (exact) mass is 207 g/mol. The van der Waals surface area contributed by atoms with Crippen LogP contribution in [0.25, 0.3) is 0 Å². The van der Waals surface area contributed by atoms with E-state index in [1.807, 2.05) is 0 Å². The molecule has 0 aliphatic heterocycles. The molecule has 0 radical (unpaired) electrons. The smallest absolute Gasteiger partial charge is 0.251 e. The summed E-state index contributed by atoms with van der Waals surface area (Å²) in [5.41, 5.74) is 0. The van der Waals surface area contributed by atoms with E-state index < -0.39 is 12.5 Å². The Labute approximate surface area is 83.9 Å². The summed E-state index contributed by atoms with van der Waals surface area (Å²) in [6.07, 6.45) is -0.191. The van der Waals surface area contributed by atoms with Gasteiger partial charge in [-0.1, -0.05) is 6.92 Å². The largest absolute Gasteiger partial charge is 0.391 e. The zero-order valence-electron chi connectivity index (χ0n) is 8.79. The molecule has 0 spiro atoms. The van der Waals surface area contributed by atoms with Crippen LogP contribution in [0.15, 0.2) is 0 Å². The van der Waals surface area contributed by atoms with Crippen molar-refractivity contribution >= 4 is 0 Å². The molecular formula is C10H19F2NO. The minimum Gasteiger partial charge on any atom is -0.391 e. The second-order valence-electron chi connectivity index (χ2n) is 4.38. The highest BCUT2D eigenvalue weighted by molar-refractivity contribution is 4.84. The zero-order chi connectivity index (χ0) is 10.7. The summed E-state index contributed by atoms with van der Waals surface area (Å²) in [4.78, 5) is 1.59. The fourth-order valence-corrected chi connectivity index (χ4v) is 2.16. The van der Waals surface area contributed by atoms with Gasteiger partial charge in [0.25, 0.3) is 6.43 Å². The van der Waals surface area contributed by atoms with E-state index in [9.17, 15) is 13.9 Å². The Morgan fingerprint density at radius 2 is 2.07 bits per heavy atom. The molecule has 1 saturated carbocycles. The first kappa shape index (κ1) is 11.9. The Balaban J connectivity index is 2.46. The van der Waals surface area contributed by atoms with Gasteiger partial charge in [-0.05, 0) is 32.2 Å². The van der Waals surface area contributed by atoms with E-state index in [4.69, 9.17) is 0 Å². The molecular weight excluding hydrogens is 188 g/mol. The SMILES string of the molecule is CC1CCC(O)C(N(C)CC(F)F)C1. The third-order valence-electron chi connectivity index (χ3n) is 3.04. The molecule has 84 valence electrons. The molecule has 1 aliphatic rings. The number of hydrogen-bond donors (Lipinski definition) is 1. The molecule has 1 N–H and O–H groups in total. The molecule has 0 aromatic heterocycles. The Kier molecular flexibility index (Phi) is 4.26. The van der Waals surface area contributed by atoms with Crippen LogP contribution in [0.2, 0.25) is 0 Å². The maximum atomic E-state index is 12.1. The first-order chi connectivity index (χ1) is 6.50. The van der Waals surface area contributed by atoms with E-state index in [2.05, 4.69) is 6.92 Å². The Morgan fingerprint density at radius 1 is 1.43 bits per heavy atom. The van der Waals surface area contributed by atoms with Gasteiger partial charge in [0, 0.05) is 6.04 Å². The number of aliphatic hydroxyl groups excluding tert-OH is 1. The second kappa shape index (κ2) is 5.03. The van der Waals surface area contributed by atoms with Crippen LogP contribution in [-0.2, 0) is 0 Å². The lowest BCUT2D eigenvalue weighted by Gasteiger charge is -2.37. The van der Waals surface area contributed by atoms with E-state index in [1.54, 1.807) is 11.9 Å². The molecule has 14 heavy (non-hydrogen) atoms. The molecule has 0 bridgehead atoms. The molecule has 0 aromatic carbocycles. The summed E-state index contributed by atoms with van der Waals surface area (Å²) in [5.74, 6) is 0.531. The summed E-state index contributed by atoms with van der Waals surface area (Å²) in [5, 5.41) is 9.68. The third kappa shape index (κ3) is 3.17. The molecule has 2 nitrogen and oxygen atoms in total. The number of likely N-dealkylation sites (N-methyl/N-ethyl adjacent to an activating group) is 1. The number of aliphatic hydroxyl groups is 1. The molecule has 4 heteroatoms. The molecule has 1 aliphatic carbocycles. The molecule has 0 amide bonds. The van der Waals surface area contributed by atoms with Gasteiger partial charge in [-0.15, -0.1) is 0 Å². The molecule has 0 aromatic rings. The van der Waals surface area contributed by atoms with Crippen LogP contribution in [0.4, 0.5) is 8.78 Å². The normalized spacial score (nSPS) is 34.1. The number of nitrogens with zero attached hydrogens (tertiary/aromatic N) is 1. The first-order valence-electron chi connectivity index (χ1n) is 5.17. The van der Waals surface area contributed by atoms with Crippen LogP contribution in [0, 0.1) is 5.92 Å². The van der Waals surface area contributed by atoms with Crippen LogP contribution < -0.4 is 0 Å². The van der Waals surface area contributed by atoms with E-state index in [0.29, 0.717) is 5.92 Å². The Bertz CT molecular complexity index is 178. The van der Waals surface area contributed by atoms with Crippen molar-refractivity contribution in [1.29, 1.82) is 0 Å². The lowest BCUT2D eigenvalue weighted by atomic mass is 9.84. The Morgan fingerprint density at radius 3 is 2.64 bits per heavy atom. The van der Waals surface area contributed by atoms with Gasteiger partial charge in [-0.25, -0.2) is 8.78 Å².